The molecule has 0 saturated heterocycles. The molecule has 0 unspecified atom stereocenters. The first kappa shape index (κ1) is 18.0. The number of nitrogens with one attached hydrogen (secondary N) is 1. The normalized spacial score (nSPS) is 11.9. The molecule has 1 aromatic rings. The molecule has 0 radical (unpaired) electrons. The van der Waals surface area contributed by atoms with E-state index in [1.165, 1.54) is 5.56 Å². The van der Waals surface area contributed by atoms with E-state index in [4.69, 9.17) is 9.47 Å². The lowest BCUT2D eigenvalue weighted by Gasteiger charge is -2.23. The van der Waals surface area contributed by atoms with Crippen LogP contribution in [-0.2, 0) is 21.5 Å². The second kappa shape index (κ2) is 8.41. The Kier molecular flexibility index (Phi) is 7.22. The van der Waals surface area contributed by atoms with Crippen molar-refractivity contribution in [1.29, 1.82) is 0 Å². The van der Waals surface area contributed by atoms with Crippen LogP contribution in [0.1, 0.15) is 43.0 Å². The lowest BCUT2D eigenvalue weighted by atomic mass is 10.0. The molecule has 0 aliphatic heterocycles. The zero-order valence-electron chi connectivity index (χ0n) is 14.2. The number of ether oxygens (including phenoxy) is 2. The van der Waals surface area contributed by atoms with E-state index in [0.29, 0.717) is 0 Å². The minimum atomic E-state index is -0.449. The molecule has 1 N–H and O–H groups in total. The summed E-state index contributed by atoms with van der Waals surface area (Å²) in [4.78, 5) is 9.26. The van der Waals surface area contributed by atoms with E-state index < -0.39 is 5.60 Å². The molecule has 1 heterocycles. The smallest absolute Gasteiger partial charge is 0.160 e. The van der Waals surface area contributed by atoms with Crippen LogP contribution in [0.3, 0.4) is 0 Å². The molecule has 0 amide bonds. The van der Waals surface area contributed by atoms with E-state index >= 15 is 0 Å². The predicted octanol–water partition coefficient (Wildman–Crippen LogP) is 2.14. The first-order chi connectivity index (χ1) is 9.92. The molecule has 1 aromatic heterocycles. The van der Waals surface area contributed by atoms with Crippen LogP contribution in [0.4, 0.5) is 0 Å². The van der Waals surface area contributed by atoms with Crippen LogP contribution in [0, 0.1) is 13.8 Å². The third-order valence-electron chi connectivity index (χ3n) is 3.73. The summed E-state index contributed by atoms with van der Waals surface area (Å²) in [6.45, 7) is 10.7. The lowest BCUT2D eigenvalue weighted by Crippen LogP contribution is -2.25. The van der Waals surface area contributed by atoms with E-state index in [0.717, 1.165) is 49.8 Å². The molecular formula is C16H29N3O2. The predicted molar refractivity (Wildman–Crippen MR) is 84.6 cm³/mol. The lowest BCUT2D eigenvalue weighted by molar-refractivity contribution is 0.0111. The van der Waals surface area contributed by atoms with Crippen LogP contribution in [0.25, 0.3) is 0 Å². The number of hydrogen-bond donors (Lipinski definition) is 1. The summed E-state index contributed by atoms with van der Waals surface area (Å²) in [6.07, 6.45) is 2.06. The number of rotatable bonds is 9. The van der Waals surface area contributed by atoms with Crippen molar-refractivity contribution in [3.05, 3.63) is 22.8 Å². The Morgan fingerprint density at radius 3 is 2.19 bits per heavy atom. The van der Waals surface area contributed by atoms with Crippen molar-refractivity contribution in [3.63, 3.8) is 0 Å². The topological polar surface area (TPSA) is 56.3 Å². The number of hydrogen-bond acceptors (Lipinski definition) is 5. The van der Waals surface area contributed by atoms with Crippen LogP contribution in [-0.4, -0.2) is 43.9 Å². The highest BCUT2D eigenvalue weighted by Gasteiger charge is 2.24. The van der Waals surface area contributed by atoms with Gasteiger partial charge in [0.25, 0.3) is 0 Å². The van der Waals surface area contributed by atoms with Gasteiger partial charge in [0.2, 0.25) is 0 Å². The number of aryl methyl sites for hydroxylation is 2. The Labute approximate surface area is 128 Å². The molecule has 0 aliphatic carbocycles. The first-order valence-corrected chi connectivity index (χ1v) is 7.51. The van der Waals surface area contributed by atoms with Gasteiger partial charge >= 0.3 is 0 Å². The molecule has 0 fully saturated rings. The van der Waals surface area contributed by atoms with Gasteiger partial charge in [-0.3, -0.25) is 0 Å². The van der Waals surface area contributed by atoms with Crippen LogP contribution in [0.15, 0.2) is 0 Å². The molecule has 21 heavy (non-hydrogen) atoms. The van der Waals surface area contributed by atoms with Crippen molar-refractivity contribution in [2.45, 2.75) is 46.1 Å². The molecule has 0 atom stereocenters. The van der Waals surface area contributed by atoms with Gasteiger partial charge in [-0.1, -0.05) is 0 Å². The molecule has 120 valence electrons. The quantitative estimate of drug-likeness (QED) is 0.707. The number of methoxy groups -OCH3 is 2. The molecule has 0 aliphatic rings. The van der Waals surface area contributed by atoms with Crippen molar-refractivity contribution in [3.8, 4) is 0 Å². The summed E-state index contributed by atoms with van der Waals surface area (Å²) in [5.74, 6) is 0.752. The van der Waals surface area contributed by atoms with Crippen LogP contribution >= 0.6 is 0 Å². The Balaban J connectivity index is 2.64. The average molecular weight is 295 g/mol. The molecule has 0 saturated carbocycles. The zero-order chi connectivity index (χ0) is 15.9. The van der Waals surface area contributed by atoms with Gasteiger partial charge in [0, 0.05) is 32.2 Å². The molecule has 1 rings (SSSR count). The maximum Gasteiger partial charge on any atom is 0.160 e. The molecule has 5 heteroatoms. The van der Waals surface area contributed by atoms with Crippen molar-refractivity contribution in [2.75, 3.05) is 33.9 Å². The second-order valence-corrected chi connectivity index (χ2v) is 5.76. The number of aromatic nitrogens is 2. The highest BCUT2D eigenvalue weighted by atomic mass is 16.5. The van der Waals surface area contributed by atoms with Crippen molar-refractivity contribution < 1.29 is 9.47 Å². The standard InChI is InChI=1S/C16H29N3O2/c1-12-14(8-7-9-17-10-11-20-5)13(2)19-15(18-12)16(3,4)21-6/h17H,7-11H2,1-6H3. The van der Waals surface area contributed by atoms with Gasteiger partial charge in [0.05, 0.1) is 6.61 Å². The largest absolute Gasteiger partial charge is 0.383 e. The molecule has 0 bridgehead atoms. The van der Waals surface area contributed by atoms with E-state index in [1.54, 1.807) is 14.2 Å². The van der Waals surface area contributed by atoms with Crippen LogP contribution in [0.2, 0.25) is 0 Å². The van der Waals surface area contributed by atoms with Crippen LogP contribution < -0.4 is 5.32 Å². The highest BCUT2D eigenvalue weighted by molar-refractivity contribution is 5.25. The van der Waals surface area contributed by atoms with Crippen molar-refractivity contribution in [1.82, 2.24) is 15.3 Å². The summed E-state index contributed by atoms with van der Waals surface area (Å²) >= 11 is 0. The minimum absolute atomic E-state index is 0.449. The van der Waals surface area contributed by atoms with Crippen LogP contribution in [0.5, 0.6) is 0 Å². The highest BCUT2D eigenvalue weighted by Crippen LogP contribution is 2.22. The summed E-state index contributed by atoms with van der Waals surface area (Å²) in [5, 5.41) is 3.35. The molecule has 0 aromatic carbocycles. The van der Waals surface area contributed by atoms with Gasteiger partial charge in [-0.25, -0.2) is 9.97 Å². The van der Waals surface area contributed by atoms with Gasteiger partial charge in [0.1, 0.15) is 5.60 Å². The fraction of sp³-hybridized carbons (Fsp3) is 0.750. The first-order valence-electron chi connectivity index (χ1n) is 7.51. The maximum atomic E-state index is 5.46. The van der Waals surface area contributed by atoms with Gasteiger partial charge in [-0.15, -0.1) is 0 Å². The third-order valence-corrected chi connectivity index (χ3v) is 3.73. The van der Waals surface area contributed by atoms with E-state index in [9.17, 15) is 0 Å². The summed E-state index contributed by atoms with van der Waals surface area (Å²) in [5.41, 5.74) is 2.91. The fourth-order valence-electron chi connectivity index (χ4n) is 2.15. The Morgan fingerprint density at radius 1 is 1.05 bits per heavy atom. The monoisotopic (exact) mass is 295 g/mol. The Bertz CT molecular complexity index is 424. The van der Waals surface area contributed by atoms with Gasteiger partial charge in [-0.05, 0) is 52.6 Å². The molecular weight excluding hydrogens is 266 g/mol. The van der Waals surface area contributed by atoms with E-state index in [-0.39, 0.29) is 0 Å². The summed E-state index contributed by atoms with van der Waals surface area (Å²) in [6, 6.07) is 0. The van der Waals surface area contributed by atoms with E-state index in [2.05, 4.69) is 29.1 Å². The van der Waals surface area contributed by atoms with Crippen molar-refractivity contribution in [2.24, 2.45) is 0 Å². The van der Waals surface area contributed by atoms with Crippen molar-refractivity contribution >= 4 is 0 Å². The van der Waals surface area contributed by atoms with Gasteiger partial charge in [0.15, 0.2) is 5.82 Å². The third kappa shape index (κ3) is 5.34. The van der Waals surface area contributed by atoms with E-state index in [1.807, 2.05) is 13.8 Å². The molecule has 0 spiro atoms. The Morgan fingerprint density at radius 2 is 1.67 bits per heavy atom. The second-order valence-electron chi connectivity index (χ2n) is 5.76. The maximum absolute atomic E-state index is 5.46. The van der Waals surface area contributed by atoms with Gasteiger partial charge in [-0.2, -0.15) is 0 Å². The number of nitrogens with zero attached hydrogens (tertiary/aromatic N) is 2. The SMILES string of the molecule is COCCNCCCc1c(C)nc(C(C)(C)OC)nc1C. The summed E-state index contributed by atoms with van der Waals surface area (Å²) < 4.78 is 10.5. The zero-order valence-corrected chi connectivity index (χ0v) is 14.2. The fourth-order valence-corrected chi connectivity index (χ4v) is 2.15. The van der Waals surface area contributed by atoms with Gasteiger partial charge < -0.3 is 14.8 Å². The minimum Gasteiger partial charge on any atom is -0.383 e. The Hall–Kier alpha value is -1.04. The average Bonchev–Trinajstić information content (AvgIpc) is 2.44. The molecule has 5 nitrogen and oxygen atoms in total. The summed E-state index contributed by atoms with van der Waals surface area (Å²) in [7, 11) is 3.41.